The van der Waals surface area contributed by atoms with Gasteiger partial charge in [0, 0.05) is 18.0 Å². The number of para-hydroxylation sites is 1. The zero-order valence-electron chi connectivity index (χ0n) is 17.2. The fourth-order valence-electron chi connectivity index (χ4n) is 3.33. The first kappa shape index (κ1) is 21.5. The predicted molar refractivity (Wildman–Crippen MR) is 119 cm³/mol. The topological polar surface area (TPSA) is 102 Å². The molecule has 0 aliphatic carbocycles. The molecule has 3 aromatic rings. The summed E-state index contributed by atoms with van der Waals surface area (Å²) in [5.41, 5.74) is 2.29. The molecule has 2 aromatic heterocycles. The van der Waals surface area contributed by atoms with E-state index in [1.54, 1.807) is 11.6 Å². The Balaban J connectivity index is 1.48. The van der Waals surface area contributed by atoms with E-state index in [1.807, 2.05) is 37.4 Å². The number of thioether (sulfide) groups is 1. The van der Waals surface area contributed by atoms with Crippen LogP contribution < -0.4 is 5.32 Å². The van der Waals surface area contributed by atoms with Gasteiger partial charge in [-0.05, 0) is 48.5 Å². The molecule has 1 aromatic carbocycles. The second-order valence-electron chi connectivity index (χ2n) is 6.96. The van der Waals surface area contributed by atoms with Crippen LogP contribution in [0, 0.1) is 0 Å². The number of thiophene rings is 1. The van der Waals surface area contributed by atoms with Gasteiger partial charge >= 0.3 is 5.97 Å². The summed E-state index contributed by atoms with van der Waals surface area (Å²) in [7, 11) is 2.04. The van der Waals surface area contributed by atoms with Gasteiger partial charge in [-0.25, -0.2) is 4.79 Å². The number of aromatic nitrogens is 4. The van der Waals surface area contributed by atoms with Gasteiger partial charge in [-0.3, -0.25) is 4.79 Å². The van der Waals surface area contributed by atoms with Crippen LogP contribution in [-0.4, -0.2) is 62.9 Å². The maximum absolute atomic E-state index is 12.7. The maximum Gasteiger partial charge on any atom is 0.341 e. The molecular formula is C20H22N6O3S2. The van der Waals surface area contributed by atoms with Crippen molar-refractivity contribution in [2.24, 2.45) is 0 Å². The zero-order valence-corrected chi connectivity index (χ0v) is 18.8. The van der Waals surface area contributed by atoms with Crippen LogP contribution in [0.1, 0.15) is 27.7 Å². The van der Waals surface area contributed by atoms with Gasteiger partial charge in [-0.15, -0.1) is 16.4 Å². The van der Waals surface area contributed by atoms with Crippen LogP contribution in [0.25, 0.3) is 5.69 Å². The van der Waals surface area contributed by atoms with Gasteiger partial charge < -0.3 is 15.0 Å². The molecule has 4 rings (SSSR count). The minimum Gasteiger partial charge on any atom is -0.462 e. The number of nitrogens with zero attached hydrogens (tertiary/aromatic N) is 5. The molecule has 31 heavy (non-hydrogen) atoms. The number of amides is 1. The number of carbonyl (C=O) groups excluding carboxylic acids is 2. The molecule has 1 amide bonds. The average molecular weight is 459 g/mol. The van der Waals surface area contributed by atoms with E-state index in [4.69, 9.17) is 4.74 Å². The van der Waals surface area contributed by atoms with Gasteiger partial charge in [0.1, 0.15) is 5.00 Å². The van der Waals surface area contributed by atoms with Crippen LogP contribution in [0.2, 0.25) is 0 Å². The van der Waals surface area contributed by atoms with E-state index < -0.39 is 0 Å². The highest BCUT2D eigenvalue weighted by Gasteiger charge is 2.28. The van der Waals surface area contributed by atoms with Crippen LogP contribution in [0.3, 0.4) is 0 Å². The lowest BCUT2D eigenvalue weighted by atomic mass is 10.0. The molecule has 0 atom stereocenters. The lowest BCUT2D eigenvalue weighted by Gasteiger charge is -2.22. The number of hydrogen-bond acceptors (Lipinski definition) is 9. The lowest BCUT2D eigenvalue weighted by Crippen LogP contribution is -2.26. The number of benzene rings is 1. The van der Waals surface area contributed by atoms with Crippen molar-refractivity contribution in [2.75, 3.05) is 31.3 Å². The second kappa shape index (κ2) is 9.58. The Hall–Kier alpha value is -2.76. The Bertz CT molecular complexity index is 1080. The largest absolute Gasteiger partial charge is 0.462 e. The molecule has 1 N–H and O–H groups in total. The molecule has 0 fully saturated rings. The highest BCUT2D eigenvalue weighted by molar-refractivity contribution is 7.99. The average Bonchev–Trinajstić information content (AvgIpc) is 3.37. The number of rotatable bonds is 7. The first-order valence-corrected chi connectivity index (χ1v) is 11.6. The summed E-state index contributed by atoms with van der Waals surface area (Å²) in [6, 6.07) is 9.47. The van der Waals surface area contributed by atoms with E-state index in [9.17, 15) is 9.59 Å². The van der Waals surface area contributed by atoms with Gasteiger partial charge in [0.05, 0.1) is 23.6 Å². The van der Waals surface area contributed by atoms with Gasteiger partial charge in [-0.1, -0.05) is 30.0 Å². The Morgan fingerprint density at radius 3 is 2.87 bits per heavy atom. The van der Waals surface area contributed by atoms with Crippen molar-refractivity contribution in [3.63, 3.8) is 0 Å². The van der Waals surface area contributed by atoms with Crippen LogP contribution in [-0.2, 0) is 22.5 Å². The quantitative estimate of drug-likeness (QED) is 0.426. The summed E-state index contributed by atoms with van der Waals surface area (Å²) in [4.78, 5) is 28.6. The van der Waals surface area contributed by atoms with E-state index in [1.165, 1.54) is 23.1 Å². The van der Waals surface area contributed by atoms with E-state index in [0.717, 1.165) is 35.6 Å². The molecule has 11 heteroatoms. The normalized spacial score (nSPS) is 13.6. The molecule has 0 saturated heterocycles. The fourth-order valence-corrected chi connectivity index (χ4v) is 5.35. The summed E-state index contributed by atoms with van der Waals surface area (Å²) in [6.07, 6.45) is 0.757. The van der Waals surface area contributed by atoms with E-state index in [2.05, 4.69) is 25.7 Å². The number of nitrogens with one attached hydrogen (secondary N) is 1. The number of fused-ring (bicyclic) bond motifs is 1. The second-order valence-corrected chi connectivity index (χ2v) is 9.01. The maximum atomic E-state index is 12.7. The van der Waals surface area contributed by atoms with Crippen molar-refractivity contribution in [3.8, 4) is 5.69 Å². The molecule has 9 nitrogen and oxygen atoms in total. The van der Waals surface area contributed by atoms with Crippen molar-refractivity contribution in [3.05, 3.63) is 46.3 Å². The number of likely N-dealkylation sites (N-methyl/N-ethyl adjacent to an activating group) is 1. The first-order valence-electron chi connectivity index (χ1n) is 9.83. The van der Waals surface area contributed by atoms with Crippen molar-refractivity contribution in [2.45, 2.75) is 25.0 Å². The van der Waals surface area contributed by atoms with Crippen molar-refractivity contribution in [1.29, 1.82) is 0 Å². The number of hydrogen-bond donors (Lipinski definition) is 1. The third kappa shape index (κ3) is 4.78. The summed E-state index contributed by atoms with van der Waals surface area (Å²) < 4.78 is 6.84. The molecule has 162 valence electrons. The Kier molecular flexibility index (Phi) is 6.64. The minimum absolute atomic E-state index is 0.109. The predicted octanol–water partition coefficient (Wildman–Crippen LogP) is 2.62. The van der Waals surface area contributed by atoms with Gasteiger partial charge in [0.25, 0.3) is 0 Å². The van der Waals surface area contributed by atoms with Crippen LogP contribution >= 0.6 is 23.1 Å². The van der Waals surface area contributed by atoms with Gasteiger partial charge in [0.15, 0.2) is 0 Å². The smallest absolute Gasteiger partial charge is 0.341 e. The molecule has 0 unspecified atom stereocenters. The summed E-state index contributed by atoms with van der Waals surface area (Å²) in [6.45, 7) is 3.68. The summed E-state index contributed by atoms with van der Waals surface area (Å²) in [5.74, 6) is -0.511. The standard InChI is InChI=1S/C20H22N6O3S2/c1-3-29-19(28)17-14-9-10-25(2)11-15(14)31-18(17)21-16(27)12-30-20-22-23-24-26(20)13-7-5-4-6-8-13/h4-8H,3,9-12H2,1-2H3,(H,21,27). The number of ether oxygens (including phenoxy) is 1. The molecule has 1 aliphatic heterocycles. The highest BCUT2D eigenvalue weighted by Crippen LogP contribution is 2.37. The van der Waals surface area contributed by atoms with Crippen LogP contribution in [0.5, 0.6) is 0 Å². The Morgan fingerprint density at radius 1 is 1.29 bits per heavy atom. The van der Waals surface area contributed by atoms with E-state index >= 15 is 0 Å². The Morgan fingerprint density at radius 2 is 2.10 bits per heavy atom. The zero-order chi connectivity index (χ0) is 21.8. The molecule has 0 bridgehead atoms. The highest BCUT2D eigenvalue weighted by atomic mass is 32.2. The summed E-state index contributed by atoms with van der Waals surface area (Å²) >= 11 is 2.67. The third-order valence-electron chi connectivity index (χ3n) is 4.75. The molecular weight excluding hydrogens is 436 g/mol. The van der Waals surface area contributed by atoms with Crippen molar-refractivity contribution < 1.29 is 14.3 Å². The fraction of sp³-hybridized carbons (Fsp3) is 0.350. The number of anilines is 1. The molecule has 0 spiro atoms. The molecule has 0 saturated carbocycles. The number of esters is 1. The van der Waals surface area contributed by atoms with E-state index in [-0.39, 0.29) is 24.2 Å². The van der Waals surface area contributed by atoms with Gasteiger partial charge in [0.2, 0.25) is 11.1 Å². The van der Waals surface area contributed by atoms with Gasteiger partial charge in [-0.2, -0.15) is 4.68 Å². The van der Waals surface area contributed by atoms with Crippen LogP contribution in [0.4, 0.5) is 5.00 Å². The SMILES string of the molecule is CCOC(=O)c1c(NC(=O)CSc2nnnn2-c2ccccc2)sc2c1CCN(C)C2. The van der Waals surface area contributed by atoms with Crippen LogP contribution in [0.15, 0.2) is 35.5 Å². The monoisotopic (exact) mass is 458 g/mol. The molecule has 3 heterocycles. The lowest BCUT2D eigenvalue weighted by molar-refractivity contribution is -0.113. The molecule has 1 aliphatic rings. The van der Waals surface area contributed by atoms with E-state index in [0.29, 0.717) is 15.7 Å². The third-order valence-corrected chi connectivity index (χ3v) is 6.81. The summed E-state index contributed by atoms with van der Waals surface area (Å²) in [5, 5.41) is 15.7. The Labute approximate surface area is 187 Å². The van der Waals surface area contributed by atoms with Crippen molar-refractivity contribution in [1.82, 2.24) is 25.1 Å². The molecule has 0 radical (unpaired) electrons. The minimum atomic E-state index is -0.388. The number of tetrazole rings is 1. The number of carbonyl (C=O) groups is 2. The first-order chi connectivity index (χ1) is 15.1. The van der Waals surface area contributed by atoms with Crippen molar-refractivity contribution >= 4 is 40.0 Å².